The lowest BCUT2D eigenvalue weighted by atomic mass is 10.3. The Morgan fingerprint density at radius 2 is 2.54 bits per heavy atom. The van der Waals surface area contributed by atoms with Gasteiger partial charge in [-0.15, -0.1) is 0 Å². The van der Waals surface area contributed by atoms with Crippen LogP contribution in [-0.4, -0.2) is 16.2 Å². The van der Waals surface area contributed by atoms with E-state index < -0.39 is 11.5 Å². The fourth-order valence-corrected chi connectivity index (χ4v) is 1.39. The van der Waals surface area contributed by atoms with Crippen LogP contribution in [0.25, 0.3) is 0 Å². The number of rotatable bonds is 1. The highest BCUT2D eigenvalue weighted by atomic mass is 19.1. The summed E-state index contributed by atoms with van der Waals surface area (Å²) in [6.07, 6.45) is 3.34. The Labute approximate surface area is 74.0 Å². The van der Waals surface area contributed by atoms with E-state index in [-0.39, 0.29) is 6.23 Å². The molecule has 4 nitrogen and oxygen atoms in total. The van der Waals surface area contributed by atoms with Gasteiger partial charge in [-0.25, -0.2) is 9.18 Å². The molecule has 2 rings (SSSR count). The highest BCUT2D eigenvalue weighted by molar-refractivity contribution is 4.87. The maximum Gasteiger partial charge on any atom is 0.349 e. The molecule has 1 aromatic rings. The topological polar surface area (TPSA) is 44.1 Å². The van der Waals surface area contributed by atoms with Crippen molar-refractivity contribution in [2.45, 2.75) is 19.1 Å². The molecule has 1 aromatic heterocycles. The van der Waals surface area contributed by atoms with Crippen molar-refractivity contribution in [3.05, 3.63) is 28.7 Å². The van der Waals surface area contributed by atoms with Crippen molar-refractivity contribution in [2.24, 2.45) is 0 Å². The van der Waals surface area contributed by atoms with E-state index in [2.05, 4.69) is 4.98 Å². The van der Waals surface area contributed by atoms with Crippen LogP contribution in [0.1, 0.15) is 19.1 Å². The number of nitrogens with zero attached hydrogens (tertiary/aromatic N) is 2. The molecular formula is C8H9FN2O2. The number of hydrogen-bond acceptors (Lipinski definition) is 3. The highest BCUT2D eigenvalue weighted by Gasteiger charge is 2.18. The molecule has 0 spiro atoms. The first kappa shape index (κ1) is 8.37. The van der Waals surface area contributed by atoms with Crippen molar-refractivity contribution in [3.63, 3.8) is 0 Å². The lowest BCUT2D eigenvalue weighted by Crippen LogP contribution is -2.26. The summed E-state index contributed by atoms with van der Waals surface area (Å²) in [4.78, 5) is 14.5. The average molecular weight is 184 g/mol. The van der Waals surface area contributed by atoms with Gasteiger partial charge in [0.25, 0.3) is 0 Å². The molecule has 1 atom stereocenters. The third kappa shape index (κ3) is 1.60. The van der Waals surface area contributed by atoms with E-state index in [9.17, 15) is 9.18 Å². The minimum absolute atomic E-state index is 0.337. The van der Waals surface area contributed by atoms with E-state index in [1.807, 2.05) is 0 Å². The van der Waals surface area contributed by atoms with E-state index >= 15 is 0 Å². The van der Waals surface area contributed by atoms with Gasteiger partial charge < -0.3 is 4.74 Å². The molecule has 0 N–H and O–H groups in total. The van der Waals surface area contributed by atoms with Gasteiger partial charge in [-0.2, -0.15) is 4.98 Å². The zero-order chi connectivity index (χ0) is 9.26. The van der Waals surface area contributed by atoms with Gasteiger partial charge in [0.15, 0.2) is 5.82 Å². The molecule has 1 fully saturated rings. The second kappa shape index (κ2) is 3.26. The standard InChI is InChI=1S/C8H9FN2O2/c9-6-4-10-8(12)11(5-6)7-2-1-3-13-7/h4-5,7H,1-3H2. The smallest absolute Gasteiger partial charge is 0.349 e. The Kier molecular flexibility index (Phi) is 2.10. The Morgan fingerprint density at radius 3 is 3.23 bits per heavy atom. The van der Waals surface area contributed by atoms with E-state index in [1.54, 1.807) is 0 Å². The summed E-state index contributed by atoms with van der Waals surface area (Å²) < 4.78 is 19.2. The molecule has 1 saturated heterocycles. The summed E-state index contributed by atoms with van der Waals surface area (Å²) >= 11 is 0. The summed E-state index contributed by atoms with van der Waals surface area (Å²) in [6, 6.07) is 0. The van der Waals surface area contributed by atoms with Gasteiger partial charge in [-0.05, 0) is 12.8 Å². The Balaban J connectivity index is 2.37. The van der Waals surface area contributed by atoms with Crippen LogP contribution < -0.4 is 5.69 Å². The van der Waals surface area contributed by atoms with E-state index in [4.69, 9.17) is 4.74 Å². The monoisotopic (exact) mass is 184 g/mol. The first-order valence-corrected chi connectivity index (χ1v) is 4.12. The molecule has 0 bridgehead atoms. The Bertz CT molecular complexity index is 357. The van der Waals surface area contributed by atoms with Crippen LogP contribution in [-0.2, 0) is 4.74 Å². The zero-order valence-electron chi connectivity index (χ0n) is 6.94. The molecule has 1 unspecified atom stereocenters. The lowest BCUT2D eigenvalue weighted by molar-refractivity contribution is 0.0518. The third-order valence-electron chi connectivity index (χ3n) is 2.00. The van der Waals surface area contributed by atoms with Crippen molar-refractivity contribution < 1.29 is 9.13 Å². The molecule has 0 aliphatic carbocycles. The average Bonchev–Trinajstić information content (AvgIpc) is 2.61. The summed E-state index contributed by atoms with van der Waals surface area (Å²) in [7, 11) is 0. The third-order valence-corrected chi connectivity index (χ3v) is 2.00. The first-order chi connectivity index (χ1) is 6.27. The van der Waals surface area contributed by atoms with Gasteiger partial charge in [0.2, 0.25) is 0 Å². The second-order valence-corrected chi connectivity index (χ2v) is 2.93. The predicted octanol–water partition coefficient (Wildman–Crippen LogP) is 0.691. The molecule has 5 heteroatoms. The van der Waals surface area contributed by atoms with Crippen LogP contribution in [0.2, 0.25) is 0 Å². The fourth-order valence-electron chi connectivity index (χ4n) is 1.39. The van der Waals surface area contributed by atoms with Crippen molar-refractivity contribution in [1.29, 1.82) is 0 Å². The minimum Gasteiger partial charge on any atom is -0.358 e. The van der Waals surface area contributed by atoms with Gasteiger partial charge in [0, 0.05) is 12.8 Å². The first-order valence-electron chi connectivity index (χ1n) is 4.12. The van der Waals surface area contributed by atoms with Gasteiger partial charge in [-0.1, -0.05) is 0 Å². The van der Waals surface area contributed by atoms with Gasteiger partial charge >= 0.3 is 5.69 Å². The van der Waals surface area contributed by atoms with Gasteiger partial charge in [0.1, 0.15) is 6.23 Å². The molecule has 0 saturated carbocycles. The van der Waals surface area contributed by atoms with Crippen molar-refractivity contribution >= 4 is 0 Å². The van der Waals surface area contributed by atoms with Crippen LogP contribution in [0, 0.1) is 5.82 Å². The number of ether oxygens (including phenoxy) is 1. The van der Waals surface area contributed by atoms with Crippen molar-refractivity contribution in [1.82, 2.24) is 9.55 Å². The van der Waals surface area contributed by atoms with Crippen LogP contribution in [0.15, 0.2) is 17.2 Å². The largest absolute Gasteiger partial charge is 0.358 e. The molecule has 1 aliphatic heterocycles. The fraction of sp³-hybridized carbons (Fsp3) is 0.500. The molecule has 70 valence electrons. The normalized spacial score (nSPS) is 22.1. The Hall–Kier alpha value is -1.23. The maximum atomic E-state index is 12.7. The zero-order valence-corrected chi connectivity index (χ0v) is 6.94. The summed E-state index contributed by atoms with van der Waals surface area (Å²) in [6.45, 7) is 0.619. The molecule has 13 heavy (non-hydrogen) atoms. The van der Waals surface area contributed by atoms with E-state index in [0.717, 1.165) is 25.2 Å². The highest BCUT2D eigenvalue weighted by Crippen LogP contribution is 2.20. The molecular weight excluding hydrogens is 175 g/mol. The number of aromatic nitrogens is 2. The lowest BCUT2D eigenvalue weighted by Gasteiger charge is -2.11. The van der Waals surface area contributed by atoms with Gasteiger partial charge in [-0.3, -0.25) is 4.57 Å². The summed E-state index contributed by atoms with van der Waals surface area (Å²) in [5.74, 6) is -0.518. The summed E-state index contributed by atoms with van der Waals surface area (Å²) in [5.41, 5.74) is -0.465. The SMILES string of the molecule is O=c1ncc(F)cn1C1CCCO1. The van der Waals surface area contributed by atoms with E-state index in [0.29, 0.717) is 6.61 Å². The number of hydrogen-bond donors (Lipinski definition) is 0. The second-order valence-electron chi connectivity index (χ2n) is 2.93. The molecule has 2 heterocycles. The van der Waals surface area contributed by atoms with Gasteiger partial charge in [0.05, 0.1) is 6.20 Å². The van der Waals surface area contributed by atoms with Crippen LogP contribution in [0.3, 0.4) is 0 Å². The summed E-state index contributed by atoms with van der Waals surface area (Å²) in [5, 5.41) is 0. The Morgan fingerprint density at radius 1 is 1.69 bits per heavy atom. The van der Waals surface area contributed by atoms with Crippen LogP contribution in [0.4, 0.5) is 4.39 Å². The van der Waals surface area contributed by atoms with Crippen molar-refractivity contribution in [3.8, 4) is 0 Å². The van der Waals surface area contributed by atoms with Crippen LogP contribution in [0.5, 0.6) is 0 Å². The minimum atomic E-state index is -0.518. The quantitative estimate of drug-likeness (QED) is 0.645. The molecule has 0 amide bonds. The van der Waals surface area contributed by atoms with Crippen molar-refractivity contribution in [2.75, 3.05) is 6.61 Å². The van der Waals surface area contributed by atoms with E-state index in [1.165, 1.54) is 4.57 Å². The predicted molar refractivity (Wildman–Crippen MR) is 42.7 cm³/mol. The number of halogens is 1. The molecule has 1 aliphatic rings. The van der Waals surface area contributed by atoms with Crippen LogP contribution >= 0.6 is 0 Å². The molecule has 0 aromatic carbocycles. The maximum absolute atomic E-state index is 12.7. The molecule has 0 radical (unpaired) electrons.